The normalized spacial score (nSPS) is 14.6. The average molecular weight is 400 g/mol. The zero-order valence-electron chi connectivity index (χ0n) is 15.4. The Labute approximate surface area is 167 Å². The largest absolute Gasteiger partial charge is 0.490 e. The third-order valence-electron chi connectivity index (χ3n) is 3.78. The maximum absolute atomic E-state index is 12.2. The first-order valence-corrected chi connectivity index (χ1v) is 9.14. The lowest BCUT2D eigenvalue weighted by Crippen LogP contribution is -2.07. The number of aliphatic imine (C=N–C) groups is 1. The van der Waals surface area contributed by atoms with Crippen LogP contribution in [0.15, 0.2) is 53.2 Å². The van der Waals surface area contributed by atoms with Gasteiger partial charge in [-0.15, -0.1) is 0 Å². The van der Waals surface area contributed by atoms with E-state index < -0.39 is 5.97 Å². The molecule has 28 heavy (non-hydrogen) atoms. The lowest BCUT2D eigenvalue weighted by atomic mass is 10.1. The molecule has 2 aromatic rings. The van der Waals surface area contributed by atoms with Crippen LogP contribution >= 0.6 is 11.6 Å². The molecule has 0 aliphatic carbocycles. The molecule has 0 amide bonds. The number of benzene rings is 2. The summed E-state index contributed by atoms with van der Waals surface area (Å²) in [5.41, 5.74) is 1.42. The molecule has 1 aliphatic rings. The van der Waals surface area contributed by atoms with Crippen LogP contribution in [0.1, 0.15) is 31.4 Å². The highest BCUT2D eigenvalue weighted by Crippen LogP contribution is 2.30. The van der Waals surface area contributed by atoms with Gasteiger partial charge in [-0.2, -0.15) is 0 Å². The number of ether oxygens (including phenoxy) is 3. The van der Waals surface area contributed by atoms with Crippen molar-refractivity contribution in [3.8, 4) is 11.5 Å². The molecule has 0 spiro atoms. The molecule has 0 fully saturated rings. The molecular formula is C21H18ClNO5. The van der Waals surface area contributed by atoms with Crippen LogP contribution < -0.4 is 9.47 Å². The Bertz CT molecular complexity index is 981. The molecule has 0 saturated carbocycles. The number of rotatable bonds is 6. The van der Waals surface area contributed by atoms with Crippen molar-refractivity contribution in [2.24, 2.45) is 4.99 Å². The van der Waals surface area contributed by atoms with Crippen LogP contribution in [0.3, 0.4) is 0 Å². The average Bonchev–Trinajstić information content (AvgIpc) is 3.04. The second-order valence-corrected chi connectivity index (χ2v) is 6.25. The van der Waals surface area contributed by atoms with Gasteiger partial charge < -0.3 is 14.2 Å². The van der Waals surface area contributed by atoms with Crippen molar-refractivity contribution in [2.45, 2.75) is 20.3 Å². The van der Waals surface area contributed by atoms with Crippen LogP contribution in [0, 0.1) is 0 Å². The molecule has 2 aromatic carbocycles. The molecule has 0 N–H and O–H groups in total. The highest BCUT2D eigenvalue weighted by Gasteiger charge is 2.24. The van der Waals surface area contributed by atoms with Gasteiger partial charge in [0.15, 0.2) is 17.2 Å². The number of cyclic esters (lactones) is 1. The van der Waals surface area contributed by atoms with Crippen molar-refractivity contribution in [3.05, 3.63) is 64.3 Å². The van der Waals surface area contributed by atoms with Gasteiger partial charge in [0.2, 0.25) is 5.90 Å². The standard InChI is InChI=1S/C21H18ClNO5/c1-3-19(24)27-17-9-8-13(11-18(17)26-4-2)10-16-21(25)28-20(23-16)14-6-5-7-15(22)12-14/h5-12H,3-4H2,1-2H3. The van der Waals surface area contributed by atoms with Gasteiger partial charge >= 0.3 is 11.9 Å². The number of carbonyl (C=O) groups is 2. The summed E-state index contributed by atoms with van der Waals surface area (Å²) in [6.45, 7) is 3.94. The monoisotopic (exact) mass is 399 g/mol. The zero-order chi connectivity index (χ0) is 20.1. The molecular weight excluding hydrogens is 382 g/mol. The van der Waals surface area contributed by atoms with E-state index in [1.807, 2.05) is 6.92 Å². The Morgan fingerprint density at radius 3 is 2.71 bits per heavy atom. The molecule has 3 rings (SSSR count). The minimum absolute atomic E-state index is 0.149. The first kappa shape index (κ1) is 19.6. The van der Waals surface area contributed by atoms with Crippen molar-refractivity contribution in [2.75, 3.05) is 6.61 Å². The Balaban J connectivity index is 1.90. The van der Waals surface area contributed by atoms with Crippen LogP contribution in [0.2, 0.25) is 5.02 Å². The van der Waals surface area contributed by atoms with E-state index in [2.05, 4.69) is 4.99 Å². The number of hydrogen-bond acceptors (Lipinski definition) is 6. The fourth-order valence-corrected chi connectivity index (χ4v) is 2.66. The first-order valence-electron chi connectivity index (χ1n) is 8.76. The maximum Gasteiger partial charge on any atom is 0.363 e. The second-order valence-electron chi connectivity index (χ2n) is 5.81. The minimum Gasteiger partial charge on any atom is -0.490 e. The molecule has 0 saturated heterocycles. The van der Waals surface area contributed by atoms with E-state index >= 15 is 0 Å². The van der Waals surface area contributed by atoms with E-state index in [-0.39, 0.29) is 24.0 Å². The Morgan fingerprint density at radius 1 is 1.18 bits per heavy atom. The predicted molar refractivity (Wildman–Crippen MR) is 106 cm³/mol. The predicted octanol–water partition coefficient (Wildman–Crippen LogP) is 4.40. The number of hydrogen-bond donors (Lipinski definition) is 0. The summed E-state index contributed by atoms with van der Waals surface area (Å²) in [6.07, 6.45) is 1.83. The zero-order valence-corrected chi connectivity index (χ0v) is 16.2. The molecule has 144 valence electrons. The second kappa shape index (κ2) is 8.71. The molecule has 0 bridgehead atoms. The van der Waals surface area contributed by atoms with Gasteiger partial charge in [-0.3, -0.25) is 4.79 Å². The number of halogens is 1. The third-order valence-corrected chi connectivity index (χ3v) is 4.01. The Morgan fingerprint density at radius 2 is 2.00 bits per heavy atom. The van der Waals surface area contributed by atoms with Crippen LogP contribution in [0.5, 0.6) is 11.5 Å². The van der Waals surface area contributed by atoms with Crippen molar-refractivity contribution >= 4 is 35.5 Å². The summed E-state index contributed by atoms with van der Waals surface area (Å²) in [5, 5.41) is 0.521. The highest BCUT2D eigenvalue weighted by molar-refractivity contribution is 6.31. The van der Waals surface area contributed by atoms with Gasteiger partial charge in [-0.1, -0.05) is 30.7 Å². The molecule has 0 radical (unpaired) electrons. The molecule has 6 nitrogen and oxygen atoms in total. The smallest absolute Gasteiger partial charge is 0.363 e. The Kier molecular flexibility index (Phi) is 6.11. The summed E-state index contributed by atoms with van der Waals surface area (Å²) in [7, 11) is 0. The summed E-state index contributed by atoms with van der Waals surface area (Å²) in [6, 6.07) is 11.9. The summed E-state index contributed by atoms with van der Waals surface area (Å²) in [4.78, 5) is 28.0. The van der Waals surface area contributed by atoms with Crippen LogP contribution in [0.4, 0.5) is 0 Å². The molecule has 0 atom stereocenters. The topological polar surface area (TPSA) is 74.2 Å². The van der Waals surface area contributed by atoms with Gasteiger partial charge in [0.05, 0.1) is 6.61 Å². The molecule has 0 unspecified atom stereocenters. The number of carbonyl (C=O) groups excluding carboxylic acids is 2. The lowest BCUT2D eigenvalue weighted by Gasteiger charge is -2.10. The van der Waals surface area contributed by atoms with Crippen molar-refractivity contribution in [3.63, 3.8) is 0 Å². The van der Waals surface area contributed by atoms with Crippen molar-refractivity contribution in [1.29, 1.82) is 0 Å². The first-order chi connectivity index (χ1) is 13.5. The van der Waals surface area contributed by atoms with Crippen LogP contribution in [-0.4, -0.2) is 24.4 Å². The van der Waals surface area contributed by atoms with E-state index in [1.165, 1.54) is 0 Å². The Hall–Kier alpha value is -3.12. The minimum atomic E-state index is -0.561. The van der Waals surface area contributed by atoms with E-state index in [4.69, 9.17) is 25.8 Å². The van der Waals surface area contributed by atoms with Crippen molar-refractivity contribution in [1.82, 2.24) is 0 Å². The number of nitrogens with zero attached hydrogens (tertiary/aromatic N) is 1. The highest BCUT2D eigenvalue weighted by atomic mass is 35.5. The van der Waals surface area contributed by atoms with E-state index in [0.29, 0.717) is 34.3 Å². The summed E-state index contributed by atoms with van der Waals surface area (Å²) < 4.78 is 16.0. The van der Waals surface area contributed by atoms with E-state index in [0.717, 1.165) is 0 Å². The van der Waals surface area contributed by atoms with Crippen LogP contribution in [-0.2, 0) is 14.3 Å². The van der Waals surface area contributed by atoms with Crippen LogP contribution in [0.25, 0.3) is 6.08 Å². The lowest BCUT2D eigenvalue weighted by molar-refractivity contribution is -0.134. The molecule has 0 aromatic heterocycles. The maximum atomic E-state index is 12.2. The fraction of sp³-hybridized carbons (Fsp3) is 0.190. The van der Waals surface area contributed by atoms with E-state index in [1.54, 1.807) is 55.5 Å². The molecule has 1 heterocycles. The summed E-state index contributed by atoms with van der Waals surface area (Å²) >= 11 is 5.97. The molecule has 7 heteroatoms. The van der Waals surface area contributed by atoms with Crippen molar-refractivity contribution < 1.29 is 23.8 Å². The summed E-state index contributed by atoms with van der Waals surface area (Å²) in [5.74, 6) is 0.00548. The SMILES string of the molecule is CCOc1cc(C=C2N=C(c3cccc(Cl)c3)OC2=O)ccc1OC(=O)CC. The third kappa shape index (κ3) is 4.58. The van der Waals surface area contributed by atoms with Gasteiger partial charge in [0.1, 0.15) is 0 Å². The molecule has 1 aliphatic heterocycles. The quantitative estimate of drug-likeness (QED) is 0.409. The van der Waals surface area contributed by atoms with Gasteiger partial charge in [-0.05, 0) is 48.9 Å². The number of esters is 2. The van der Waals surface area contributed by atoms with Gasteiger partial charge in [0, 0.05) is 17.0 Å². The van der Waals surface area contributed by atoms with Gasteiger partial charge in [-0.25, -0.2) is 9.79 Å². The fourth-order valence-electron chi connectivity index (χ4n) is 2.47. The van der Waals surface area contributed by atoms with Gasteiger partial charge in [0.25, 0.3) is 0 Å². The van der Waals surface area contributed by atoms with E-state index in [9.17, 15) is 9.59 Å².